The number of hydrogen-bond acceptors (Lipinski definition) is 5. The van der Waals surface area contributed by atoms with Gasteiger partial charge < -0.3 is 14.5 Å². The van der Waals surface area contributed by atoms with Crippen LogP contribution in [0.2, 0.25) is 0 Å². The molecule has 1 heterocycles. The summed E-state index contributed by atoms with van der Waals surface area (Å²) in [4.78, 5) is 29.9. The van der Waals surface area contributed by atoms with Gasteiger partial charge in [0.1, 0.15) is 11.3 Å². The SMILES string of the molecule is COc1ccccc1C(=O)ON=C1CCN(C(C)=O)CC1. The van der Waals surface area contributed by atoms with Gasteiger partial charge in [-0.2, -0.15) is 0 Å². The molecular formula is C15H18N2O4. The third-order valence-corrected chi connectivity index (χ3v) is 3.37. The molecule has 1 aromatic rings. The predicted octanol–water partition coefficient (Wildman–Crippen LogP) is 1.85. The summed E-state index contributed by atoms with van der Waals surface area (Å²) in [5.74, 6) is -0.0388. The zero-order valence-electron chi connectivity index (χ0n) is 12.2. The highest BCUT2D eigenvalue weighted by Crippen LogP contribution is 2.18. The lowest BCUT2D eigenvalue weighted by molar-refractivity contribution is -0.128. The summed E-state index contributed by atoms with van der Waals surface area (Å²) in [5, 5.41) is 3.90. The number of methoxy groups -OCH3 is 1. The lowest BCUT2D eigenvalue weighted by Crippen LogP contribution is -2.37. The van der Waals surface area contributed by atoms with E-state index in [1.165, 1.54) is 7.11 Å². The number of carbonyl (C=O) groups is 2. The number of oxime groups is 1. The van der Waals surface area contributed by atoms with E-state index in [1.54, 1.807) is 36.1 Å². The second kappa shape index (κ2) is 6.88. The molecule has 0 atom stereocenters. The molecule has 1 aromatic carbocycles. The van der Waals surface area contributed by atoms with Crippen molar-refractivity contribution < 1.29 is 19.2 Å². The number of para-hydroxylation sites is 1. The molecule has 1 amide bonds. The van der Waals surface area contributed by atoms with E-state index in [9.17, 15) is 9.59 Å². The summed E-state index contributed by atoms with van der Waals surface area (Å²) in [6, 6.07) is 6.82. The Morgan fingerprint density at radius 2 is 1.86 bits per heavy atom. The number of benzene rings is 1. The van der Waals surface area contributed by atoms with Gasteiger partial charge >= 0.3 is 5.97 Å². The Bertz CT molecular complexity index is 559. The average Bonchev–Trinajstić information content (AvgIpc) is 2.52. The fourth-order valence-electron chi connectivity index (χ4n) is 2.14. The van der Waals surface area contributed by atoms with E-state index < -0.39 is 5.97 Å². The van der Waals surface area contributed by atoms with Crippen molar-refractivity contribution in [3.05, 3.63) is 29.8 Å². The molecule has 0 saturated carbocycles. The molecule has 0 radical (unpaired) electrons. The third-order valence-electron chi connectivity index (χ3n) is 3.37. The highest BCUT2D eigenvalue weighted by molar-refractivity contribution is 5.93. The Morgan fingerprint density at radius 3 is 2.48 bits per heavy atom. The lowest BCUT2D eigenvalue weighted by Gasteiger charge is -2.25. The smallest absolute Gasteiger partial charge is 0.369 e. The number of amides is 1. The minimum absolute atomic E-state index is 0.0556. The van der Waals surface area contributed by atoms with Gasteiger partial charge in [0.05, 0.1) is 12.8 Å². The van der Waals surface area contributed by atoms with Crippen molar-refractivity contribution in [1.29, 1.82) is 0 Å². The van der Waals surface area contributed by atoms with E-state index >= 15 is 0 Å². The van der Waals surface area contributed by atoms with Gasteiger partial charge in [0, 0.05) is 32.9 Å². The van der Waals surface area contributed by atoms with Crippen LogP contribution in [0.5, 0.6) is 5.75 Å². The van der Waals surface area contributed by atoms with E-state index in [2.05, 4.69) is 5.16 Å². The highest BCUT2D eigenvalue weighted by Gasteiger charge is 2.18. The normalized spacial score (nSPS) is 14.6. The molecule has 6 heteroatoms. The van der Waals surface area contributed by atoms with Crippen LogP contribution in [0, 0.1) is 0 Å². The van der Waals surface area contributed by atoms with Gasteiger partial charge in [0.2, 0.25) is 5.91 Å². The molecule has 1 aliphatic rings. The number of carbonyl (C=O) groups excluding carboxylic acids is 2. The Hall–Kier alpha value is -2.37. The average molecular weight is 290 g/mol. The fraction of sp³-hybridized carbons (Fsp3) is 0.400. The molecule has 0 aliphatic carbocycles. The van der Waals surface area contributed by atoms with Gasteiger partial charge in [-0.1, -0.05) is 17.3 Å². The largest absolute Gasteiger partial charge is 0.496 e. The summed E-state index contributed by atoms with van der Waals surface area (Å²) in [6.45, 7) is 2.77. The summed E-state index contributed by atoms with van der Waals surface area (Å²) < 4.78 is 5.11. The standard InChI is InChI=1S/C15H18N2O4/c1-11(18)17-9-7-12(8-10-17)16-21-15(19)13-5-3-4-6-14(13)20-2/h3-6H,7-10H2,1-2H3. The maximum absolute atomic E-state index is 12.0. The molecule has 2 rings (SSSR count). The van der Waals surface area contributed by atoms with Gasteiger partial charge in [-0.25, -0.2) is 4.79 Å². The third kappa shape index (κ3) is 3.81. The van der Waals surface area contributed by atoms with Crippen molar-refractivity contribution in [2.45, 2.75) is 19.8 Å². The van der Waals surface area contributed by atoms with Crippen molar-refractivity contribution in [1.82, 2.24) is 4.90 Å². The summed E-state index contributed by atoms with van der Waals surface area (Å²) in [7, 11) is 1.50. The molecule has 1 aliphatic heterocycles. The van der Waals surface area contributed by atoms with Gasteiger partial charge in [-0.15, -0.1) is 0 Å². The quantitative estimate of drug-likeness (QED) is 0.629. The number of rotatable bonds is 3. The molecule has 0 unspecified atom stereocenters. The number of piperidine rings is 1. The molecule has 1 fully saturated rings. The lowest BCUT2D eigenvalue weighted by atomic mass is 10.1. The zero-order chi connectivity index (χ0) is 15.2. The Kier molecular flexibility index (Phi) is 4.92. The van der Waals surface area contributed by atoms with E-state index in [4.69, 9.17) is 9.57 Å². The predicted molar refractivity (Wildman–Crippen MR) is 77.3 cm³/mol. The van der Waals surface area contributed by atoms with Crippen LogP contribution in [-0.4, -0.2) is 42.7 Å². The van der Waals surface area contributed by atoms with Crippen LogP contribution in [0.15, 0.2) is 29.4 Å². The van der Waals surface area contributed by atoms with Crippen molar-refractivity contribution in [2.75, 3.05) is 20.2 Å². The van der Waals surface area contributed by atoms with Crippen LogP contribution in [0.25, 0.3) is 0 Å². The van der Waals surface area contributed by atoms with E-state index in [1.807, 2.05) is 0 Å². The number of likely N-dealkylation sites (tertiary alicyclic amines) is 1. The van der Waals surface area contributed by atoms with Crippen LogP contribution < -0.4 is 4.74 Å². The number of hydrogen-bond donors (Lipinski definition) is 0. The first kappa shape index (κ1) is 15.0. The minimum Gasteiger partial charge on any atom is -0.496 e. The van der Waals surface area contributed by atoms with Crippen LogP contribution in [-0.2, 0) is 9.63 Å². The van der Waals surface area contributed by atoms with Crippen LogP contribution >= 0.6 is 0 Å². The van der Waals surface area contributed by atoms with Gasteiger partial charge in [0.25, 0.3) is 0 Å². The van der Waals surface area contributed by atoms with Crippen molar-refractivity contribution in [2.24, 2.45) is 5.16 Å². The molecule has 0 bridgehead atoms. The van der Waals surface area contributed by atoms with Gasteiger partial charge in [0.15, 0.2) is 0 Å². The molecular weight excluding hydrogens is 272 g/mol. The second-order valence-corrected chi connectivity index (χ2v) is 4.74. The fourth-order valence-corrected chi connectivity index (χ4v) is 2.14. The molecule has 0 N–H and O–H groups in total. The molecule has 112 valence electrons. The first-order valence-electron chi connectivity index (χ1n) is 6.77. The van der Waals surface area contributed by atoms with Crippen molar-refractivity contribution >= 4 is 17.6 Å². The van der Waals surface area contributed by atoms with E-state index in [0.717, 1.165) is 5.71 Å². The van der Waals surface area contributed by atoms with Crippen LogP contribution in [0.1, 0.15) is 30.1 Å². The molecule has 6 nitrogen and oxygen atoms in total. The number of nitrogens with zero attached hydrogens (tertiary/aromatic N) is 2. The summed E-state index contributed by atoms with van der Waals surface area (Å²) in [6.07, 6.45) is 1.25. The van der Waals surface area contributed by atoms with Crippen molar-refractivity contribution in [3.8, 4) is 5.75 Å². The zero-order valence-corrected chi connectivity index (χ0v) is 12.2. The van der Waals surface area contributed by atoms with Gasteiger partial charge in [-0.05, 0) is 12.1 Å². The molecule has 21 heavy (non-hydrogen) atoms. The molecule has 0 aromatic heterocycles. The van der Waals surface area contributed by atoms with Crippen LogP contribution in [0.4, 0.5) is 0 Å². The summed E-state index contributed by atoms with van der Waals surface area (Å²) >= 11 is 0. The van der Waals surface area contributed by atoms with Crippen LogP contribution in [0.3, 0.4) is 0 Å². The first-order valence-corrected chi connectivity index (χ1v) is 6.77. The topological polar surface area (TPSA) is 68.2 Å². The van der Waals surface area contributed by atoms with E-state index in [-0.39, 0.29) is 5.91 Å². The summed E-state index contributed by atoms with van der Waals surface area (Å²) in [5.41, 5.74) is 1.13. The number of ether oxygens (including phenoxy) is 1. The maximum Gasteiger partial charge on any atom is 0.369 e. The maximum atomic E-state index is 12.0. The Morgan fingerprint density at radius 1 is 1.19 bits per heavy atom. The Balaban J connectivity index is 1.95. The van der Waals surface area contributed by atoms with Gasteiger partial charge in [-0.3, -0.25) is 4.79 Å². The highest BCUT2D eigenvalue weighted by atomic mass is 16.7. The monoisotopic (exact) mass is 290 g/mol. The first-order chi connectivity index (χ1) is 10.1. The molecule has 1 saturated heterocycles. The van der Waals surface area contributed by atoms with Crippen molar-refractivity contribution in [3.63, 3.8) is 0 Å². The molecule has 0 spiro atoms. The second-order valence-electron chi connectivity index (χ2n) is 4.74. The Labute approximate surface area is 123 Å². The van der Waals surface area contributed by atoms with E-state index in [0.29, 0.717) is 37.2 Å². The minimum atomic E-state index is -0.547.